The fraction of sp³-hybridized carbons (Fsp3) is 0.286. The molecule has 0 saturated carbocycles. The Morgan fingerprint density at radius 2 is 2.25 bits per heavy atom. The first-order chi connectivity index (χ1) is 5.53. The molecule has 0 amide bonds. The van der Waals surface area contributed by atoms with E-state index in [1.165, 1.54) is 18.3 Å². The van der Waals surface area contributed by atoms with E-state index in [1.807, 2.05) is 0 Å². The molecule has 12 heavy (non-hydrogen) atoms. The summed E-state index contributed by atoms with van der Waals surface area (Å²) >= 11 is 0. The number of nitrogens with zero attached hydrogens (tertiary/aromatic N) is 2. The molecule has 0 atom stereocenters. The smallest absolute Gasteiger partial charge is 0.256 e. The minimum Gasteiger partial charge on any atom is -0.256 e. The van der Waals surface area contributed by atoms with E-state index >= 15 is 0 Å². The van der Waals surface area contributed by atoms with Crippen LogP contribution in [0.1, 0.15) is 5.69 Å². The highest BCUT2D eigenvalue weighted by atomic mass is 19.4. The number of aromatic nitrogens is 2. The van der Waals surface area contributed by atoms with Gasteiger partial charge in [0.2, 0.25) is 0 Å². The normalized spacial score (nSPS) is 11.6. The largest absolute Gasteiger partial charge is 0.408 e. The molecule has 1 heterocycles. The van der Waals surface area contributed by atoms with Gasteiger partial charge in [0.25, 0.3) is 0 Å². The average Bonchev–Trinajstić information content (AvgIpc) is 2.31. The zero-order valence-electron chi connectivity index (χ0n) is 6.17. The summed E-state index contributed by atoms with van der Waals surface area (Å²) in [6, 6.07) is 1.47. The van der Waals surface area contributed by atoms with Gasteiger partial charge >= 0.3 is 6.18 Å². The Bertz CT molecular complexity index is 274. The van der Waals surface area contributed by atoms with Crippen molar-refractivity contribution in [2.75, 3.05) is 0 Å². The molecule has 0 N–H and O–H groups in total. The van der Waals surface area contributed by atoms with Gasteiger partial charge in [0.05, 0.1) is 5.69 Å². The van der Waals surface area contributed by atoms with Crippen molar-refractivity contribution in [3.05, 3.63) is 24.5 Å². The van der Waals surface area contributed by atoms with Crippen LogP contribution in [-0.4, -0.2) is 16.0 Å². The van der Waals surface area contributed by atoms with Crippen molar-refractivity contribution in [3.8, 4) is 0 Å². The lowest BCUT2D eigenvalue weighted by atomic mass is 10.4. The molecule has 2 nitrogen and oxygen atoms in total. The second kappa shape index (κ2) is 3.00. The zero-order valence-corrected chi connectivity index (χ0v) is 6.17. The minimum absolute atomic E-state index is 0.368. The van der Waals surface area contributed by atoms with E-state index in [-0.39, 0.29) is 0 Å². The molecule has 66 valence electrons. The van der Waals surface area contributed by atoms with Crippen LogP contribution in [0.2, 0.25) is 0 Å². The first kappa shape index (κ1) is 8.83. The molecule has 0 aliphatic heterocycles. The van der Waals surface area contributed by atoms with Gasteiger partial charge in [0.1, 0.15) is 6.54 Å². The second-order valence-corrected chi connectivity index (χ2v) is 2.23. The average molecular weight is 176 g/mol. The third kappa shape index (κ3) is 2.11. The van der Waals surface area contributed by atoms with E-state index in [0.29, 0.717) is 5.69 Å². The molecular formula is C7H7F3N2. The van der Waals surface area contributed by atoms with Crippen molar-refractivity contribution in [1.29, 1.82) is 0 Å². The van der Waals surface area contributed by atoms with Crippen LogP contribution in [0.5, 0.6) is 0 Å². The SMILES string of the molecule is C=Cc1ccnn1CC(F)(F)F. The van der Waals surface area contributed by atoms with Crippen molar-refractivity contribution in [3.63, 3.8) is 0 Å². The summed E-state index contributed by atoms with van der Waals surface area (Å²) in [5, 5.41) is 3.50. The van der Waals surface area contributed by atoms with Gasteiger partial charge in [0, 0.05) is 6.20 Å². The molecule has 0 aliphatic rings. The fourth-order valence-corrected chi connectivity index (χ4v) is 0.818. The van der Waals surface area contributed by atoms with Gasteiger partial charge in [-0.3, -0.25) is 4.68 Å². The molecule has 1 aromatic rings. The van der Waals surface area contributed by atoms with Crippen LogP contribution in [0.25, 0.3) is 6.08 Å². The lowest BCUT2D eigenvalue weighted by Crippen LogP contribution is -2.19. The highest BCUT2D eigenvalue weighted by molar-refractivity contribution is 5.40. The van der Waals surface area contributed by atoms with Gasteiger partial charge in [-0.25, -0.2) is 0 Å². The van der Waals surface area contributed by atoms with Crippen molar-refractivity contribution in [2.45, 2.75) is 12.7 Å². The molecule has 0 radical (unpaired) electrons. The molecule has 0 spiro atoms. The first-order valence-corrected chi connectivity index (χ1v) is 3.24. The molecule has 0 saturated heterocycles. The van der Waals surface area contributed by atoms with Crippen LogP contribution in [0.4, 0.5) is 13.2 Å². The van der Waals surface area contributed by atoms with E-state index < -0.39 is 12.7 Å². The quantitative estimate of drug-likeness (QED) is 0.674. The third-order valence-electron chi connectivity index (χ3n) is 1.29. The molecule has 0 bridgehead atoms. The van der Waals surface area contributed by atoms with Crippen LogP contribution in [-0.2, 0) is 6.54 Å². The minimum atomic E-state index is -4.23. The topological polar surface area (TPSA) is 17.8 Å². The van der Waals surface area contributed by atoms with Crippen molar-refractivity contribution >= 4 is 6.08 Å². The summed E-state index contributed by atoms with van der Waals surface area (Å²) in [7, 11) is 0. The van der Waals surface area contributed by atoms with Crippen molar-refractivity contribution < 1.29 is 13.2 Å². The number of hydrogen-bond acceptors (Lipinski definition) is 1. The third-order valence-corrected chi connectivity index (χ3v) is 1.29. The van der Waals surface area contributed by atoms with E-state index in [9.17, 15) is 13.2 Å². The number of halogens is 3. The predicted octanol–water partition coefficient (Wildman–Crippen LogP) is 2.09. The number of rotatable bonds is 2. The fourth-order valence-electron chi connectivity index (χ4n) is 0.818. The van der Waals surface area contributed by atoms with Gasteiger partial charge in [0.15, 0.2) is 0 Å². The molecule has 5 heteroatoms. The maximum atomic E-state index is 11.8. The molecule has 0 aliphatic carbocycles. The zero-order chi connectivity index (χ0) is 9.19. The van der Waals surface area contributed by atoms with Crippen LogP contribution in [0.15, 0.2) is 18.8 Å². The Morgan fingerprint density at radius 1 is 1.58 bits per heavy atom. The number of alkyl halides is 3. The maximum Gasteiger partial charge on any atom is 0.408 e. The van der Waals surface area contributed by atoms with Crippen LogP contribution >= 0.6 is 0 Å². The summed E-state index contributed by atoms with van der Waals surface area (Å²) in [6.45, 7) is 2.30. The van der Waals surface area contributed by atoms with Gasteiger partial charge in [-0.05, 0) is 12.1 Å². The Labute approximate surface area is 67.3 Å². The van der Waals surface area contributed by atoms with E-state index in [2.05, 4.69) is 11.7 Å². The maximum absolute atomic E-state index is 11.8. The van der Waals surface area contributed by atoms with E-state index in [0.717, 1.165) is 4.68 Å². The van der Waals surface area contributed by atoms with Crippen molar-refractivity contribution in [2.24, 2.45) is 0 Å². The van der Waals surface area contributed by atoms with Crippen LogP contribution in [0.3, 0.4) is 0 Å². The highest BCUT2D eigenvalue weighted by Crippen LogP contribution is 2.18. The first-order valence-electron chi connectivity index (χ1n) is 3.24. The monoisotopic (exact) mass is 176 g/mol. The molecule has 1 aromatic heterocycles. The van der Waals surface area contributed by atoms with Crippen molar-refractivity contribution in [1.82, 2.24) is 9.78 Å². The standard InChI is InChI=1S/C7H7F3N2/c1-2-6-3-4-11-12(6)5-7(8,9)10/h2-4H,1,5H2. The lowest BCUT2D eigenvalue weighted by Gasteiger charge is -2.07. The lowest BCUT2D eigenvalue weighted by molar-refractivity contribution is -0.142. The summed E-state index contributed by atoms with van der Waals surface area (Å²) in [5.41, 5.74) is 0.368. The molecule has 0 aromatic carbocycles. The van der Waals surface area contributed by atoms with E-state index in [4.69, 9.17) is 0 Å². The molecular weight excluding hydrogens is 169 g/mol. The Balaban J connectivity index is 2.81. The van der Waals surface area contributed by atoms with Gasteiger partial charge in [-0.1, -0.05) is 6.58 Å². The van der Waals surface area contributed by atoms with Crippen LogP contribution in [0, 0.1) is 0 Å². The summed E-state index contributed by atoms with van der Waals surface area (Å²) in [4.78, 5) is 0. The molecule has 1 rings (SSSR count). The summed E-state index contributed by atoms with van der Waals surface area (Å²) in [5.74, 6) is 0. The van der Waals surface area contributed by atoms with Gasteiger partial charge in [-0.15, -0.1) is 0 Å². The Kier molecular flexibility index (Phi) is 2.21. The van der Waals surface area contributed by atoms with Gasteiger partial charge in [-0.2, -0.15) is 18.3 Å². The van der Waals surface area contributed by atoms with E-state index in [1.54, 1.807) is 0 Å². The molecule has 0 fully saturated rings. The number of hydrogen-bond donors (Lipinski definition) is 0. The second-order valence-electron chi connectivity index (χ2n) is 2.23. The summed E-state index contributed by atoms with van der Waals surface area (Å²) < 4.78 is 36.4. The van der Waals surface area contributed by atoms with Crippen LogP contribution < -0.4 is 0 Å². The van der Waals surface area contributed by atoms with Gasteiger partial charge < -0.3 is 0 Å². The predicted molar refractivity (Wildman–Crippen MR) is 38.4 cm³/mol. The Hall–Kier alpha value is -1.26. The molecule has 0 unspecified atom stereocenters. The highest BCUT2D eigenvalue weighted by Gasteiger charge is 2.28. The summed E-state index contributed by atoms with van der Waals surface area (Å²) in [6.07, 6.45) is -1.59. The Morgan fingerprint density at radius 3 is 2.75 bits per heavy atom.